The van der Waals surface area contributed by atoms with Gasteiger partial charge in [-0.2, -0.15) is 0 Å². The molecule has 0 aromatic heterocycles. The van der Waals surface area contributed by atoms with Crippen molar-refractivity contribution in [2.75, 3.05) is 4.72 Å². The third-order valence-electron chi connectivity index (χ3n) is 2.75. The highest BCUT2D eigenvalue weighted by molar-refractivity contribution is 9.10. The van der Waals surface area contributed by atoms with Crippen molar-refractivity contribution in [3.63, 3.8) is 0 Å². The summed E-state index contributed by atoms with van der Waals surface area (Å²) in [6.07, 6.45) is -4.82. The van der Waals surface area contributed by atoms with Crippen molar-refractivity contribution >= 4 is 31.6 Å². The van der Waals surface area contributed by atoms with Crippen molar-refractivity contribution in [2.45, 2.75) is 18.2 Å². The van der Waals surface area contributed by atoms with Crippen molar-refractivity contribution in [1.82, 2.24) is 0 Å². The van der Waals surface area contributed by atoms with Gasteiger partial charge >= 0.3 is 6.36 Å². The number of anilines is 1. The first-order valence-electron chi connectivity index (χ1n) is 6.22. The molecule has 0 saturated heterocycles. The molecule has 0 atom stereocenters. The van der Waals surface area contributed by atoms with Gasteiger partial charge in [-0.15, -0.1) is 13.2 Å². The molecule has 0 saturated carbocycles. The summed E-state index contributed by atoms with van der Waals surface area (Å²) >= 11 is 3.02. The molecular formula is C14H11BrF3NO3S. The lowest BCUT2D eigenvalue weighted by molar-refractivity contribution is -0.274. The van der Waals surface area contributed by atoms with Gasteiger partial charge in [0, 0.05) is 4.47 Å². The molecule has 2 aromatic rings. The number of sulfonamides is 1. The van der Waals surface area contributed by atoms with Crippen LogP contribution in [0.4, 0.5) is 18.9 Å². The average molecular weight is 410 g/mol. The molecule has 4 nitrogen and oxygen atoms in total. The number of alkyl halides is 3. The monoisotopic (exact) mass is 409 g/mol. The van der Waals surface area contributed by atoms with E-state index in [1.54, 1.807) is 12.1 Å². The van der Waals surface area contributed by atoms with Crippen molar-refractivity contribution in [1.29, 1.82) is 0 Å². The third-order valence-corrected chi connectivity index (χ3v) is 4.79. The normalized spacial score (nSPS) is 12.0. The van der Waals surface area contributed by atoms with Crippen LogP contribution in [-0.4, -0.2) is 14.8 Å². The van der Waals surface area contributed by atoms with Crippen molar-refractivity contribution < 1.29 is 26.3 Å². The molecule has 0 aliphatic rings. The Morgan fingerprint density at radius 2 is 1.70 bits per heavy atom. The molecule has 0 spiro atoms. The zero-order chi connectivity index (χ0) is 17.3. The molecule has 0 fully saturated rings. The van der Waals surface area contributed by atoms with Crippen LogP contribution in [0.3, 0.4) is 0 Å². The molecule has 2 rings (SSSR count). The van der Waals surface area contributed by atoms with E-state index in [0.29, 0.717) is 0 Å². The Hall–Kier alpha value is -1.74. The number of rotatable bonds is 4. The van der Waals surface area contributed by atoms with Crippen LogP contribution in [0.1, 0.15) is 5.56 Å². The highest BCUT2D eigenvalue weighted by Gasteiger charge is 2.31. The second-order valence-corrected chi connectivity index (χ2v) is 7.14. The fourth-order valence-corrected chi connectivity index (χ4v) is 3.36. The molecule has 0 radical (unpaired) electrons. The first-order valence-corrected chi connectivity index (χ1v) is 8.49. The van der Waals surface area contributed by atoms with E-state index in [9.17, 15) is 21.6 Å². The standard InChI is InChI=1S/C14H11BrF3NO3S/c1-9-2-5-11(6-3-9)23(20,21)19-13-7-4-10(8-12(13)15)22-14(16,17)18/h2-8,19H,1H3. The van der Waals surface area contributed by atoms with Gasteiger partial charge in [-0.3, -0.25) is 4.72 Å². The predicted octanol–water partition coefficient (Wildman–Crippen LogP) is 4.46. The zero-order valence-electron chi connectivity index (χ0n) is 11.7. The lowest BCUT2D eigenvalue weighted by Crippen LogP contribution is -2.17. The van der Waals surface area contributed by atoms with E-state index in [1.807, 2.05) is 6.92 Å². The van der Waals surface area contributed by atoms with Crippen LogP contribution in [0.25, 0.3) is 0 Å². The molecule has 1 N–H and O–H groups in total. The first-order chi connectivity index (χ1) is 10.6. The number of aryl methyl sites for hydroxylation is 1. The van der Waals surface area contributed by atoms with Crippen LogP contribution in [0.5, 0.6) is 5.75 Å². The summed E-state index contributed by atoms with van der Waals surface area (Å²) in [7, 11) is -3.84. The lowest BCUT2D eigenvalue weighted by atomic mass is 10.2. The third kappa shape index (κ3) is 4.87. The number of benzene rings is 2. The van der Waals surface area contributed by atoms with E-state index < -0.39 is 22.1 Å². The molecule has 0 unspecified atom stereocenters. The summed E-state index contributed by atoms with van der Waals surface area (Å²) in [6, 6.07) is 9.38. The van der Waals surface area contributed by atoms with E-state index in [2.05, 4.69) is 25.4 Å². The van der Waals surface area contributed by atoms with Gasteiger partial charge in [0.2, 0.25) is 0 Å². The van der Waals surface area contributed by atoms with Gasteiger partial charge < -0.3 is 4.74 Å². The van der Waals surface area contributed by atoms with Gasteiger partial charge in [0.25, 0.3) is 10.0 Å². The quantitative estimate of drug-likeness (QED) is 0.810. The molecule has 0 amide bonds. The Kier molecular flexibility index (Phi) is 4.90. The summed E-state index contributed by atoms with van der Waals surface area (Å²) in [6.45, 7) is 1.82. The molecule has 124 valence electrons. The number of hydrogen-bond donors (Lipinski definition) is 1. The molecule has 0 bridgehead atoms. The Balaban J connectivity index is 2.24. The number of halogens is 4. The topological polar surface area (TPSA) is 55.4 Å². The molecular weight excluding hydrogens is 399 g/mol. The highest BCUT2D eigenvalue weighted by Crippen LogP contribution is 2.31. The Morgan fingerprint density at radius 1 is 1.09 bits per heavy atom. The SMILES string of the molecule is Cc1ccc(S(=O)(=O)Nc2ccc(OC(F)(F)F)cc2Br)cc1. The van der Waals surface area contributed by atoms with E-state index in [1.165, 1.54) is 18.2 Å². The van der Waals surface area contributed by atoms with Gasteiger partial charge in [0.1, 0.15) is 5.75 Å². The number of hydrogen-bond acceptors (Lipinski definition) is 3. The van der Waals surface area contributed by atoms with E-state index in [0.717, 1.165) is 17.7 Å². The summed E-state index contributed by atoms with van der Waals surface area (Å²) in [4.78, 5) is 0.0469. The van der Waals surface area contributed by atoms with E-state index in [-0.39, 0.29) is 15.1 Å². The maximum absolute atomic E-state index is 12.2. The summed E-state index contributed by atoms with van der Waals surface area (Å²) in [5, 5.41) is 0. The molecule has 9 heteroatoms. The van der Waals surface area contributed by atoms with Crippen LogP contribution in [-0.2, 0) is 10.0 Å². The van der Waals surface area contributed by atoms with E-state index in [4.69, 9.17) is 0 Å². The van der Waals surface area contributed by atoms with Gasteiger partial charge in [-0.05, 0) is 53.2 Å². The van der Waals surface area contributed by atoms with E-state index >= 15 is 0 Å². The molecule has 0 aliphatic carbocycles. The molecule has 2 aromatic carbocycles. The van der Waals surface area contributed by atoms with Crippen LogP contribution in [0.2, 0.25) is 0 Å². The summed E-state index contributed by atoms with van der Waals surface area (Å²) in [5.41, 5.74) is 0.999. The Morgan fingerprint density at radius 3 is 2.22 bits per heavy atom. The van der Waals surface area contributed by atoms with Gasteiger partial charge in [-0.1, -0.05) is 17.7 Å². The lowest BCUT2D eigenvalue weighted by Gasteiger charge is -2.13. The van der Waals surface area contributed by atoms with Crippen molar-refractivity contribution in [2.24, 2.45) is 0 Å². The predicted molar refractivity (Wildman–Crippen MR) is 82.8 cm³/mol. The minimum absolute atomic E-state index is 0.0469. The second kappa shape index (κ2) is 6.40. The summed E-state index contributed by atoms with van der Waals surface area (Å²) in [5.74, 6) is -0.456. The van der Waals surface area contributed by atoms with Crippen molar-refractivity contribution in [3.8, 4) is 5.75 Å². The largest absolute Gasteiger partial charge is 0.573 e. The average Bonchev–Trinajstić information content (AvgIpc) is 2.40. The minimum Gasteiger partial charge on any atom is -0.406 e. The fraction of sp³-hybridized carbons (Fsp3) is 0.143. The fourth-order valence-electron chi connectivity index (χ4n) is 1.70. The number of nitrogens with one attached hydrogen (secondary N) is 1. The van der Waals surface area contributed by atoms with Crippen molar-refractivity contribution in [3.05, 3.63) is 52.5 Å². The highest BCUT2D eigenvalue weighted by atomic mass is 79.9. The minimum atomic E-state index is -4.82. The van der Waals surface area contributed by atoms with Crippen LogP contribution >= 0.6 is 15.9 Å². The second-order valence-electron chi connectivity index (χ2n) is 4.61. The maximum atomic E-state index is 12.2. The van der Waals surface area contributed by atoms with Crippen LogP contribution in [0, 0.1) is 6.92 Å². The smallest absolute Gasteiger partial charge is 0.406 e. The van der Waals surface area contributed by atoms with Gasteiger partial charge in [0.15, 0.2) is 0 Å². The van der Waals surface area contributed by atoms with Gasteiger partial charge in [-0.25, -0.2) is 8.42 Å². The molecule has 23 heavy (non-hydrogen) atoms. The summed E-state index contributed by atoms with van der Waals surface area (Å²) < 4.78 is 67.1. The maximum Gasteiger partial charge on any atom is 0.573 e. The molecule has 0 aliphatic heterocycles. The Bertz CT molecular complexity index is 805. The van der Waals surface area contributed by atoms with Gasteiger partial charge in [0.05, 0.1) is 10.6 Å². The number of ether oxygens (including phenoxy) is 1. The Labute approximate surface area is 139 Å². The molecule has 0 heterocycles. The van der Waals surface area contributed by atoms with Crippen LogP contribution < -0.4 is 9.46 Å². The first kappa shape index (κ1) is 17.6. The zero-order valence-corrected chi connectivity index (χ0v) is 14.1. The van der Waals surface area contributed by atoms with Crippen LogP contribution in [0.15, 0.2) is 51.8 Å².